The van der Waals surface area contributed by atoms with Crippen LogP contribution in [0.2, 0.25) is 0 Å². The number of aromatic nitrogens is 3. The van der Waals surface area contributed by atoms with E-state index in [0.717, 1.165) is 64.3 Å². The average Bonchev–Trinajstić information content (AvgIpc) is 3.81. The van der Waals surface area contributed by atoms with E-state index in [-0.39, 0.29) is 29.7 Å². The lowest BCUT2D eigenvalue weighted by Crippen LogP contribution is -2.00. The van der Waals surface area contributed by atoms with E-state index in [0.29, 0.717) is 28.6 Å². The maximum absolute atomic E-state index is 8.72. The molecule has 0 amide bonds. The Morgan fingerprint density at radius 2 is 1.02 bits per heavy atom. The lowest BCUT2D eigenvalue weighted by Gasteiger charge is -2.09. The third-order valence-electron chi connectivity index (χ3n) is 9.04. The van der Waals surface area contributed by atoms with Gasteiger partial charge in [-0.3, -0.25) is 0 Å². The normalized spacial score (nSPS) is 13.0. The Kier molecular flexibility index (Phi) is 5.54. The number of benzene rings is 7. The summed E-state index contributed by atoms with van der Waals surface area (Å²) in [5.41, 5.74) is 6.72. The predicted octanol–water partition coefficient (Wildman–Crippen LogP) is 12.5. The van der Waals surface area contributed by atoms with Crippen LogP contribution in [0.25, 0.3) is 98.5 Å². The quantitative estimate of drug-likeness (QED) is 0.184. The highest BCUT2D eigenvalue weighted by Crippen LogP contribution is 2.45. The van der Waals surface area contributed by atoms with Crippen molar-refractivity contribution in [1.29, 1.82) is 0 Å². The van der Waals surface area contributed by atoms with E-state index in [1.807, 2.05) is 115 Å². The van der Waals surface area contributed by atoms with Gasteiger partial charge in [-0.15, -0.1) is 11.3 Å². The predicted molar refractivity (Wildman–Crippen MR) is 207 cm³/mol. The number of thiophene rings is 1. The first-order chi connectivity index (χ1) is 26.8. The van der Waals surface area contributed by atoms with Crippen molar-refractivity contribution in [3.8, 4) is 56.4 Å². The Hall–Kier alpha value is -6.43. The van der Waals surface area contributed by atoms with Gasteiger partial charge in [-0.1, -0.05) is 133 Å². The van der Waals surface area contributed by atoms with Crippen molar-refractivity contribution in [1.82, 2.24) is 15.0 Å². The SMILES string of the molecule is [2H]c1c([2H])c([2H])c(-c2ccc(-c3ccc4c(c3)oc3cc(-c5nc(-c6ccccc6)nc(-c6ccccc6)n5)ccc34)c3c2sc2ccccc23)c([2H])c1[2H]. The minimum absolute atomic E-state index is 0.197. The topological polar surface area (TPSA) is 51.8 Å². The zero-order valence-corrected chi connectivity index (χ0v) is 27.2. The number of furan rings is 1. The highest BCUT2D eigenvalue weighted by molar-refractivity contribution is 7.26. The monoisotopic (exact) mass is 662 g/mol. The number of hydrogen-bond acceptors (Lipinski definition) is 5. The van der Waals surface area contributed by atoms with Crippen LogP contribution in [0.1, 0.15) is 6.85 Å². The summed E-state index contributed by atoms with van der Waals surface area (Å²) in [6.45, 7) is 0. The van der Waals surface area contributed by atoms with E-state index in [1.54, 1.807) is 11.3 Å². The van der Waals surface area contributed by atoms with Gasteiger partial charge in [-0.05, 0) is 52.6 Å². The molecule has 7 aromatic carbocycles. The van der Waals surface area contributed by atoms with Crippen molar-refractivity contribution < 1.29 is 11.3 Å². The zero-order chi connectivity index (χ0) is 37.4. The molecule has 0 aliphatic heterocycles. The Morgan fingerprint density at radius 1 is 0.460 bits per heavy atom. The van der Waals surface area contributed by atoms with Gasteiger partial charge in [0.05, 0.1) is 6.85 Å². The van der Waals surface area contributed by atoms with E-state index < -0.39 is 6.04 Å². The minimum Gasteiger partial charge on any atom is -0.456 e. The molecule has 0 N–H and O–H groups in total. The van der Waals surface area contributed by atoms with Gasteiger partial charge in [-0.25, -0.2) is 15.0 Å². The Balaban J connectivity index is 1.12. The van der Waals surface area contributed by atoms with Gasteiger partial charge in [0.15, 0.2) is 17.5 Å². The molecule has 0 saturated carbocycles. The van der Waals surface area contributed by atoms with E-state index in [9.17, 15) is 0 Å². The molecule has 0 bridgehead atoms. The van der Waals surface area contributed by atoms with Crippen molar-refractivity contribution in [3.05, 3.63) is 164 Å². The van der Waals surface area contributed by atoms with Crippen LogP contribution < -0.4 is 0 Å². The molecule has 0 spiro atoms. The first-order valence-corrected chi connectivity index (χ1v) is 17.0. The van der Waals surface area contributed by atoms with Gasteiger partial charge in [0.2, 0.25) is 0 Å². The van der Waals surface area contributed by atoms with E-state index in [1.165, 1.54) is 0 Å². The second-order valence-electron chi connectivity index (χ2n) is 12.0. The molecule has 0 aliphatic carbocycles. The van der Waals surface area contributed by atoms with E-state index in [4.69, 9.17) is 26.2 Å². The van der Waals surface area contributed by atoms with Crippen molar-refractivity contribution in [3.63, 3.8) is 0 Å². The van der Waals surface area contributed by atoms with Gasteiger partial charge in [0.1, 0.15) is 11.2 Å². The second-order valence-corrected chi connectivity index (χ2v) is 13.1. The van der Waals surface area contributed by atoms with Crippen molar-refractivity contribution in [2.24, 2.45) is 0 Å². The molecule has 0 radical (unpaired) electrons. The fourth-order valence-electron chi connectivity index (χ4n) is 6.67. The van der Waals surface area contributed by atoms with Gasteiger partial charge in [0, 0.05) is 47.6 Å². The zero-order valence-electron chi connectivity index (χ0n) is 31.4. The summed E-state index contributed by atoms with van der Waals surface area (Å²) in [5.74, 6) is 1.72. The Bertz CT molecular complexity index is 3080. The minimum atomic E-state index is -0.406. The molecule has 3 aromatic heterocycles. The Labute approximate surface area is 299 Å². The van der Waals surface area contributed by atoms with Crippen LogP contribution in [-0.4, -0.2) is 15.0 Å². The van der Waals surface area contributed by atoms with Gasteiger partial charge in [0.25, 0.3) is 0 Å². The average molecular weight is 663 g/mol. The van der Waals surface area contributed by atoms with Gasteiger partial charge >= 0.3 is 0 Å². The standard InChI is InChI=1S/C45H27N3OS/c1-4-12-28(13-5-1)34-25-24-33(41-37-18-10-11-19-40(37)50-42(34)41)31-20-22-35-36-23-21-32(27-39(36)49-38(35)26-31)45-47-43(29-14-6-2-7-15-29)46-44(48-45)30-16-8-3-9-17-30/h1-27H/i1D,4D,5D,12D,13D. The molecule has 0 fully saturated rings. The van der Waals surface area contributed by atoms with Crippen LogP contribution in [-0.2, 0) is 0 Å². The summed E-state index contributed by atoms with van der Waals surface area (Å²) in [6, 6.07) is 42.4. The smallest absolute Gasteiger partial charge is 0.164 e. The first kappa shape index (κ1) is 23.8. The highest BCUT2D eigenvalue weighted by Gasteiger charge is 2.18. The fourth-order valence-corrected chi connectivity index (χ4v) is 7.92. The van der Waals surface area contributed by atoms with Crippen molar-refractivity contribution in [2.75, 3.05) is 0 Å². The number of hydrogen-bond donors (Lipinski definition) is 0. The largest absolute Gasteiger partial charge is 0.456 e. The molecule has 3 heterocycles. The summed E-state index contributed by atoms with van der Waals surface area (Å²) in [7, 11) is 0. The number of nitrogens with zero attached hydrogens (tertiary/aromatic N) is 3. The molecule has 10 aromatic rings. The molecule has 0 unspecified atom stereocenters. The summed E-state index contributed by atoms with van der Waals surface area (Å²) in [4.78, 5) is 14.6. The molecular formula is C45H27N3OS. The van der Waals surface area contributed by atoms with Crippen LogP contribution in [0.3, 0.4) is 0 Å². The third-order valence-corrected chi connectivity index (χ3v) is 10.2. The molecule has 0 atom stereocenters. The maximum atomic E-state index is 8.72. The summed E-state index contributed by atoms with van der Waals surface area (Å²) in [6.07, 6.45) is 0. The number of fused-ring (bicyclic) bond motifs is 6. The molecule has 234 valence electrons. The molecule has 5 heteroatoms. The Morgan fingerprint density at radius 3 is 1.70 bits per heavy atom. The van der Waals surface area contributed by atoms with E-state index in [2.05, 4.69) is 18.2 Å². The summed E-state index contributed by atoms with van der Waals surface area (Å²) >= 11 is 1.56. The maximum Gasteiger partial charge on any atom is 0.164 e. The molecular weight excluding hydrogens is 631 g/mol. The van der Waals surface area contributed by atoms with Crippen molar-refractivity contribution >= 4 is 53.4 Å². The molecule has 0 saturated heterocycles. The van der Waals surface area contributed by atoms with Crippen LogP contribution >= 0.6 is 11.3 Å². The van der Waals surface area contributed by atoms with Crippen LogP contribution in [0, 0.1) is 0 Å². The van der Waals surface area contributed by atoms with Crippen LogP contribution in [0.15, 0.2) is 168 Å². The number of rotatable bonds is 5. The van der Waals surface area contributed by atoms with Crippen LogP contribution in [0.4, 0.5) is 0 Å². The summed E-state index contributed by atoms with van der Waals surface area (Å²) < 4.78 is 50.7. The lowest BCUT2D eigenvalue weighted by molar-refractivity contribution is 0.669. The summed E-state index contributed by atoms with van der Waals surface area (Å²) in [5, 5.41) is 3.93. The molecule has 10 rings (SSSR count). The van der Waals surface area contributed by atoms with Gasteiger partial charge in [-0.2, -0.15) is 0 Å². The van der Waals surface area contributed by atoms with Gasteiger partial charge < -0.3 is 4.42 Å². The second kappa shape index (κ2) is 11.6. The van der Waals surface area contributed by atoms with Crippen LogP contribution in [0.5, 0.6) is 0 Å². The molecule has 0 aliphatic rings. The molecule has 4 nitrogen and oxygen atoms in total. The third kappa shape index (κ3) is 4.79. The lowest BCUT2D eigenvalue weighted by atomic mass is 9.94. The molecule has 50 heavy (non-hydrogen) atoms. The van der Waals surface area contributed by atoms with Crippen molar-refractivity contribution in [2.45, 2.75) is 0 Å². The van der Waals surface area contributed by atoms with E-state index >= 15 is 0 Å². The highest BCUT2D eigenvalue weighted by atomic mass is 32.1. The first-order valence-electron chi connectivity index (χ1n) is 18.7. The fraction of sp³-hybridized carbons (Fsp3) is 0.